The molecule has 0 saturated carbocycles. The fraction of sp³-hybridized carbons (Fsp3) is 0.211. The first-order valence-electron chi connectivity index (χ1n) is 8.87. The van der Waals surface area contributed by atoms with E-state index in [-0.39, 0.29) is 35.9 Å². The fourth-order valence-electron chi connectivity index (χ4n) is 3.20. The second kappa shape index (κ2) is 7.28. The number of nitrogens with one attached hydrogen (secondary N) is 1. The van der Waals surface area contributed by atoms with Gasteiger partial charge in [-0.2, -0.15) is 0 Å². The van der Waals surface area contributed by atoms with Gasteiger partial charge in [0.1, 0.15) is 11.3 Å². The van der Waals surface area contributed by atoms with Crippen LogP contribution < -0.4 is 9.62 Å². The molecule has 3 heterocycles. The molecule has 1 amide bonds. The number of amides is 1. The van der Waals surface area contributed by atoms with Gasteiger partial charge < -0.3 is 10.4 Å². The van der Waals surface area contributed by atoms with Gasteiger partial charge in [0, 0.05) is 24.7 Å². The van der Waals surface area contributed by atoms with E-state index in [1.54, 1.807) is 12.1 Å². The molecule has 0 aliphatic carbocycles. The fourth-order valence-corrected chi connectivity index (χ4v) is 4.72. The molecule has 2 N–H and O–H groups in total. The Kier molecular flexibility index (Phi) is 4.79. The Morgan fingerprint density at radius 3 is 2.69 bits per heavy atom. The molecule has 0 atom stereocenters. The summed E-state index contributed by atoms with van der Waals surface area (Å²) in [4.78, 5) is 21.0. The second-order valence-electron chi connectivity index (χ2n) is 6.58. The van der Waals surface area contributed by atoms with E-state index in [1.807, 2.05) is 0 Å². The molecule has 2 aromatic heterocycles. The molecule has 0 radical (unpaired) electrons. The minimum Gasteiger partial charge on any atom is -0.504 e. The normalized spacial score (nSPS) is 15.6. The number of hydrogen-bond donors (Lipinski definition) is 2. The summed E-state index contributed by atoms with van der Waals surface area (Å²) in [6.45, 7) is 0.318. The van der Waals surface area contributed by atoms with Crippen molar-refractivity contribution in [3.05, 3.63) is 59.7 Å². The van der Waals surface area contributed by atoms with E-state index < -0.39 is 27.5 Å². The maximum atomic E-state index is 13.0. The quantitative estimate of drug-likeness (QED) is 0.672. The van der Waals surface area contributed by atoms with Gasteiger partial charge in [0.2, 0.25) is 10.0 Å². The lowest BCUT2D eigenvalue weighted by atomic mass is 10.1. The standard InChI is InChI=1S/C19H17FN4O4S/c20-13-6-4-12(5-7-13)11-22-19(26)16-17(25)15-14(3-1-8-21-15)18(23-16)24-9-2-10-29(24,27)28/h1,3-8,25H,2,9-11H2,(H,22,26). The van der Waals surface area contributed by atoms with Gasteiger partial charge in [0.05, 0.1) is 5.75 Å². The van der Waals surface area contributed by atoms with Crippen LogP contribution in [-0.2, 0) is 16.6 Å². The molecule has 1 aliphatic rings. The third-order valence-electron chi connectivity index (χ3n) is 4.63. The second-order valence-corrected chi connectivity index (χ2v) is 8.60. The van der Waals surface area contributed by atoms with Crippen LogP contribution in [-0.4, -0.2) is 41.7 Å². The summed E-state index contributed by atoms with van der Waals surface area (Å²) in [5, 5.41) is 13.5. The topological polar surface area (TPSA) is 112 Å². The first kappa shape index (κ1) is 19.1. The molecule has 8 nitrogen and oxygen atoms in total. The number of sulfonamides is 1. The first-order chi connectivity index (χ1) is 13.9. The number of benzene rings is 1. The number of halogens is 1. The van der Waals surface area contributed by atoms with Gasteiger partial charge in [-0.3, -0.25) is 14.1 Å². The van der Waals surface area contributed by atoms with Crippen LogP contribution in [0.4, 0.5) is 10.2 Å². The van der Waals surface area contributed by atoms with E-state index >= 15 is 0 Å². The van der Waals surface area contributed by atoms with Crippen molar-refractivity contribution in [3.8, 4) is 5.75 Å². The maximum absolute atomic E-state index is 13.0. The Bertz CT molecular complexity index is 1200. The maximum Gasteiger partial charge on any atom is 0.274 e. The summed E-state index contributed by atoms with van der Waals surface area (Å²) in [7, 11) is -3.55. The third-order valence-corrected chi connectivity index (χ3v) is 6.46. The Hall–Kier alpha value is -3.27. The molecule has 1 aliphatic heterocycles. The average Bonchev–Trinajstić information content (AvgIpc) is 3.07. The average molecular weight is 416 g/mol. The monoisotopic (exact) mass is 416 g/mol. The van der Waals surface area contributed by atoms with Crippen LogP contribution in [0.25, 0.3) is 10.9 Å². The number of carbonyl (C=O) groups is 1. The van der Waals surface area contributed by atoms with Crippen molar-refractivity contribution < 1.29 is 22.7 Å². The molecule has 1 saturated heterocycles. The highest BCUT2D eigenvalue weighted by Crippen LogP contribution is 2.35. The molecule has 3 aromatic rings. The van der Waals surface area contributed by atoms with Crippen LogP contribution in [0.2, 0.25) is 0 Å². The number of fused-ring (bicyclic) bond motifs is 1. The van der Waals surface area contributed by atoms with Gasteiger partial charge in [-0.25, -0.2) is 17.8 Å². The summed E-state index contributed by atoms with van der Waals surface area (Å²) in [5.41, 5.74) is 0.419. The smallest absolute Gasteiger partial charge is 0.274 e. The van der Waals surface area contributed by atoms with Crippen LogP contribution in [0.3, 0.4) is 0 Å². The molecule has 0 spiro atoms. The summed E-state index contributed by atoms with van der Waals surface area (Å²) in [5.74, 6) is -1.47. The Balaban J connectivity index is 1.73. The summed E-state index contributed by atoms with van der Waals surface area (Å²) in [6.07, 6.45) is 1.88. The first-order valence-corrected chi connectivity index (χ1v) is 10.5. The number of carbonyl (C=O) groups excluding carboxylic acids is 1. The lowest BCUT2D eigenvalue weighted by Crippen LogP contribution is -2.29. The van der Waals surface area contributed by atoms with Crippen LogP contribution in [0.5, 0.6) is 5.75 Å². The highest BCUT2D eigenvalue weighted by atomic mass is 32.2. The predicted molar refractivity (Wildman–Crippen MR) is 105 cm³/mol. The number of aromatic hydroxyl groups is 1. The van der Waals surface area contributed by atoms with Gasteiger partial charge in [0.25, 0.3) is 5.91 Å². The number of aromatic nitrogens is 2. The molecule has 0 unspecified atom stereocenters. The highest BCUT2D eigenvalue weighted by molar-refractivity contribution is 7.93. The minimum atomic E-state index is -3.55. The number of pyridine rings is 2. The Morgan fingerprint density at radius 2 is 2.00 bits per heavy atom. The van der Waals surface area contributed by atoms with Gasteiger partial charge in [0.15, 0.2) is 17.3 Å². The van der Waals surface area contributed by atoms with E-state index in [0.717, 1.165) is 4.31 Å². The van der Waals surface area contributed by atoms with Crippen molar-refractivity contribution in [1.29, 1.82) is 0 Å². The Labute approximate surface area is 166 Å². The van der Waals surface area contributed by atoms with Crippen molar-refractivity contribution in [1.82, 2.24) is 15.3 Å². The number of nitrogens with zero attached hydrogens (tertiary/aromatic N) is 3. The van der Waals surface area contributed by atoms with Gasteiger partial charge in [-0.15, -0.1) is 0 Å². The van der Waals surface area contributed by atoms with Crippen molar-refractivity contribution >= 4 is 32.7 Å². The van der Waals surface area contributed by atoms with Crippen molar-refractivity contribution in [2.75, 3.05) is 16.6 Å². The number of hydrogen-bond acceptors (Lipinski definition) is 6. The molecule has 150 valence electrons. The van der Waals surface area contributed by atoms with Crippen molar-refractivity contribution in [2.45, 2.75) is 13.0 Å². The lowest BCUT2D eigenvalue weighted by Gasteiger charge is -2.19. The zero-order valence-corrected chi connectivity index (χ0v) is 16.0. The van der Waals surface area contributed by atoms with E-state index in [0.29, 0.717) is 17.4 Å². The summed E-state index contributed by atoms with van der Waals surface area (Å²) in [6, 6.07) is 8.78. The molecular weight excluding hydrogens is 399 g/mol. The van der Waals surface area contributed by atoms with Gasteiger partial charge >= 0.3 is 0 Å². The van der Waals surface area contributed by atoms with E-state index in [2.05, 4.69) is 15.3 Å². The largest absolute Gasteiger partial charge is 0.504 e. The predicted octanol–water partition coefficient (Wildman–Crippen LogP) is 1.94. The van der Waals surface area contributed by atoms with E-state index in [1.165, 1.54) is 30.5 Å². The molecule has 4 rings (SSSR count). The SMILES string of the molecule is O=C(NCc1ccc(F)cc1)c1nc(N2CCCS2(=O)=O)c2cccnc2c1O. The van der Waals surface area contributed by atoms with Crippen LogP contribution >= 0.6 is 0 Å². The van der Waals surface area contributed by atoms with Crippen LogP contribution in [0, 0.1) is 5.82 Å². The van der Waals surface area contributed by atoms with E-state index in [4.69, 9.17) is 0 Å². The minimum absolute atomic E-state index is 0.0105. The van der Waals surface area contributed by atoms with Gasteiger partial charge in [-0.05, 0) is 36.2 Å². The summed E-state index contributed by atoms with van der Waals surface area (Å²) >= 11 is 0. The molecule has 1 fully saturated rings. The third kappa shape index (κ3) is 3.58. The molecular formula is C19H17FN4O4S. The lowest BCUT2D eigenvalue weighted by molar-refractivity contribution is 0.0943. The molecule has 1 aromatic carbocycles. The number of anilines is 1. The number of rotatable bonds is 4. The van der Waals surface area contributed by atoms with Crippen molar-refractivity contribution in [2.24, 2.45) is 0 Å². The Morgan fingerprint density at radius 1 is 1.24 bits per heavy atom. The van der Waals surface area contributed by atoms with Gasteiger partial charge in [-0.1, -0.05) is 12.1 Å². The molecule has 0 bridgehead atoms. The van der Waals surface area contributed by atoms with Crippen LogP contribution in [0.15, 0.2) is 42.6 Å². The van der Waals surface area contributed by atoms with Crippen LogP contribution in [0.1, 0.15) is 22.5 Å². The zero-order valence-electron chi connectivity index (χ0n) is 15.2. The summed E-state index contributed by atoms with van der Waals surface area (Å²) < 4.78 is 38.9. The zero-order chi connectivity index (χ0) is 20.6. The molecule has 10 heteroatoms. The van der Waals surface area contributed by atoms with Crippen molar-refractivity contribution in [3.63, 3.8) is 0 Å². The highest BCUT2D eigenvalue weighted by Gasteiger charge is 2.32. The van der Waals surface area contributed by atoms with E-state index in [9.17, 15) is 22.7 Å². The molecule has 29 heavy (non-hydrogen) atoms.